The molecule has 2 aromatic rings. The Hall–Kier alpha value is -2.54. The van der Waals surface area contributed by atoms with Crippen LogP contribution in [0.5, 0.6) is 5.88 Å². The lowest BCUT2D eigenvalue weighted by atomic mass is 10.2. The van der Waals surface area contributed by atoms with E-state index >= 15 is 0 Å². The Morgan fingerprint density at radius 2 is 2.21 bits per heavy atom. The third-order valence-corrected chi connectivity index (χ3v) is 3.63. The van der Waals surface area contributed by atoms with E-state index in [4.69, 9.17) is 9.47 Å². The molecule has 0 radical (unpaired) electrons. The van der Waals surface area contributed by atoms with Gasteiger partial charge >= 0.3 is 0 Å². The molecule has 24 heavy (non-hydrogen) atoms. The summed E-state index contributed by atoms with van der Waals surface area (Å²) >= 11 is 0. The molecule has 126 valence electrons. The highest BCUT2D eigenvalue weighted by molar-refractivity contribution is 5.93. The molecule has 1 amide bonds. The summed E-state index contributed by atoms with van der Waals surface area (Å²) in [4.78, 5) is 16.1. The fourth-order valence-corrected chi connectivity index (χ4v) is 2.30. The normalized spacial score (nSPS) is 16.8. The van der Waals surface area contributed by atoms with Gasteiger partial charge in [-0.15, -0.1) is 0 Å². The van der Waals surface area contributed by atoms with Crippen molar-refractivity contribution in [3.63, 3.8) is 0 Å². The van der Waals surface area contributed by atoms with Crippen molar-refractivity contribution in [2.24, 2.45) is 0 Å². The summed E-state index contributed by atoms with van der Waals surface area (Å²) in [7, 11) is 0. The fourth-order valence-electron chi connectivity index (χ4n) is 2.30. The minimum absolute atomic E-state index is 0.0152. The van der Waals surface area contributed by atoms with Gasteiger partial charge in [-0.25, -0.2) is 13.8 Å². The predicted molar refractivity (Wildman–Crippen MR) is 81.6 cm³/mol. The van der Waals surface area contributed by atoms with Gasteiger partial charge in [0.1, 0.15) is 17.7 Å². The van der Waals surface area contributed by atoms with Crippen LogP contribution in [0.1, 0.15) is 22.3 Å². The number of hydrogen-bond acceptors (Lipinski definition) is 4. The molecule has 1 aromatic carbocycles. The highest BCUT2D eigenvalue weighted by Crippen LogP contribution is 2.15. The Bertz CT molecular complexity index is 716. The van der Waals surface area contributed by atoms with Gasteiger partial charge in [0.2, 0.25) is 5.88 Å². The second kappa shape index (κ2) is 7.35. The molecule has 1 saturated heterocycles. The molecule has 0 aliphatic carbocycles. The fraction of sp³-hybridized carbons (Fsp3) is 0.294. The number of nitrogens with zero attached hydrogens (tertiary/aromatic N) is 1. The number of carbonyl (C=O) groups is 1. The lowest BCUT2D eigenvalue weighted by molar-refractivity contribution is 0.0950. The number of pyridine rings is 1. The Morgan fingerprint density at radius 1 is 1.33 bits per heavy atom. The standard InChI is InChI=1S/C17H16F2N2O3/c18-13-3-1-11(15(19)7-13)8-21-17(22)12-2-4-16(20-9-12)24-14-5-6-23-10-14/h1-4,7,9,14H,5-6,8,10H2,(H,21,22). The van der Waals surface area contributed by atoms with E-state index in [1.54, 1.807) is 12.1 Å². The van der Waals surface area contributed by atoms with Crippen LogP contribution in [-0.2, 0) is 11.3 Å². The molecular formula is C17H16F2N2O3. The molecule has 1 N–H and O–H groups in total. The highest BCUT2D eigenvalue weighted by Gasteiger charge is 2.18. The molecule has 5 nitrogen and oxygen atoms in total. The van der Waals surface area contributed by atoms with Crippen molar-refractivity contribution >= 4 is 5.91 Å². The lowest BCUT2D eigenvalue weighted by Crippen LogP contribution is -2.23. The molecular weight excluding hydrogens is 318 g/mol. The van der Waals surface area contributed by atoms with E-state index in [0.717, 1.165) is 18.6 Å². The lowest BCUT2D eigenvalue weighted by Gasteiger charge is -2.11. The van der Waals surface area contributed by atoms with Gasteiger partial charge in [-0.2, -0.15) is 0 Å². The average Bonchev–Trinajstić information content (AvgIpc) is 3.07. The summed E-state index contributed by atoms with van der Waals surface area (Å²) in [5.74, 6) is -1.33. The minimum atomic E-state index is -0.698. The van der Waals surface area contributed by atoms with Crippen LogP contribution < -0.4 is 10.1 Å². The van der Waals surface area contributed by atoms with Crippen LogP contribution in [0.25, 0.3) is 0 Å². The van der Waals surface area contributed by atoms with Crippen molar-refractivity contribution in [3.05, 3.63) is 59.3 Å². The number of benzene rings is 1. The van der Waals surface area contributed by atoms with Crippen LogP contribution in [0.3, 0.4) is 0 Å². The first-order valence-electron chi connectivity index (χ1n) is 7.54. The SMILES string of the molecule is O=C(NCc1ccc(F)cc1F)c1ccc(OC2CCOC2)nc1. The van der Waals surface area contributed by atoms with E-state index in [1.807, 2.05) is 0 Å². The zero-order chi connectivity index (χ0) is 16.9. The summed E-state index contributed by atoms with van der Waals surface area (Å²) in [6.45, 7) is 1.17. The molecule has 1 aromatic heterocycles. The predicted octanol–water partition coefficient (Wildman–Crippen LogP) is 2.46. The highest BCUT2D eigenvalue weighted by atomic mass is 19.1. The maximum Gasteiger partial charge on any atom is 0.253 e. The van der Waals surface area contributed by atoms with E-state index in [-0.39, 0.29) is 18.2 Å². The van der Waals surface area contributed by atoms with Gasteiger partial charge in [0.05, 0.1) is 18.8 Å². The Balaban J connectivity index is 1.56. The quantitative estimate of drug-likeness (QED) is 0.912. The van der Waals surface area contributed by atoms with Gasteiger partial charge in [0.25, 0.3) is 5.91 Å². The number of rotatable bonds is 5. The molecule has 3 rings (SSSR count). The smallest absolute Gasteiger partial charge is 0.253 e. The minimum Gasteiger partial charge on any atom is -0.472 e. The summed E-state index contributed by atoms with van der Waals surface area (Å²) in [5.41, 5.74) is 0.534. The van der Waals surface area contributed by atoms with Gasteiger partial charge in [0.15, 0.2) is 0 Å². The zero-order valence-electron chi connectivity index (χ0n) is 12.8. The molecule has 0 spiro atoms. The first-order valence-corrected chi connectivity index (χ1v) is 7.54. The van der Waals surface area contributed by atoms with Crippen LogP contribution in [0.4, 0.5) is 8.78 Å². The van der Waals surface area contributed by atoms with E-state index in [1.165, 1.54) is 12.3 Å². The number of carbonyl (C=O) groups excluding carboxylic acids is 1. The van der Waals surface area contributed by atoms with Crippen molar-refractivity contribution in [1.82, 2.24) is 10.3 Å². The zero-order valence-corrected chi connectivity index (χ0v) is 12.8. The van der Waals surface area contributed by atoms with Crippen molar-refractivity contribution in [3.8, 4) is 5.88 Å². The molecule has 0 saturated carbocycles. The molecule has 7 heteroatoms. The molecule has 2 heterocycles. The molecule has 1 unspecified atom stereocenters. The largest absolute Gasteiger partial charge is 0.472 e. The second-order valence-corrected chi connectivity index (χ2v) is 5.41. The van der Waals surface area contributed by atoms with Gasteiger partial charge in [0, 0.05) is 36.9 Å². The van der Waals surface area contributed by atoms with Crippen LogP contribution in [0.2, 0.25) is 0 Å². The molecule has 1 aliphatic rings. The molecule has 1 aliphatic heterocycles. The van der Waals surface area contributed by atoms with E-state index in [9.17, 15) is 13.6 Å². The summed E-state index contributed by atoms with van der Waals surface area (Å²) < 4.78 is 37.2. The molecule has 1 fully saturated rings. The number of nitrogens with one attached hydrogen (secondary N) is 1. The first kappa shape index (κ1) is 16.3. The summed E-state index contributed by atoms with van der Waals surface area (Å²) in [5, 5.41) is 2.57. The third kappa shape index (κ3) is 4.05. The van der Waals surface area contributed by atoms with Gasteiger partial charge in [-0.05, 0) is 12.1 Å². The van der Waals surface area contributed by atoms with E-state index < -0.39 is 17.5 Å². The summed E-state index contributed by atoms with van der Waals surface area (Å²) in [6, 6.07) is 6.40. The van der Waals surface area contributed by atoms with E-state index in [0.29, 0.717) is 24.7 Å². The first-order chi connectivity index (χ1) is 11.6. The third-order valence-electron chi connectivity index (χ3n) is 3.63. The van der Waals surface area contributed by atoms with E-state index in [2.05, 4.69) is 10.3 Å². The van der Waals surface area contributed by atoms with Crippen molar-refractivity contribution in [2.45, 2.75) is 19.1 Å². The van der Waals surface area contributed by atoms with Crippen LogP contribution >= 0.6 is 0 Å². The molecule has 1 atom stereocenters. The summed E-state index contributed by atoms with van der Waals surface area (Å²) in [6.07, 6.45) is 2.19. The second-order valence-electron chi connectivity index (χ2n) is 5.41. The number of hydrogen-bond donors (Lipinski definition) is 1. The van der Waals surface area contributed by atoms with Crippen molar-refractivity contribution < 1.29 is 23.0 Å². The maximum absolute atomic E-state index is 13.5. The van der Waals surface area contributed by atoms with Gasteiger partial charge in [-0.1, -0.05) is 6.07 Å². The number of halogens is 2. The van der Waals surface area contributed by atoms with Gasteiger partial charge < -0.3 is 14.8 Å². The van der Waals surface area contributed by atoms with Gasteiger partial charge in [-0.3, -0.25) is 4.79 Å². The molecule has 0 bridgehead atoms. The van der Waals surface area contributed by atoms with Crippen LogP contribution in [0.15, 0.2) is 36.5 Å². The van der Waals surface area contributed by atoms with Crippen molar-refractivity contribution in [2.75, 3.05) is 13.2 Å². The number of aromatic nitrogens is 1. The Kier molecular flexibility index (Phi) is 5.00. The monoisotopic (exact) mass is 334 g/mol. The number of ether oxygens (including phenoxy) is 2. The Labute approximate surface area is 137 Å². The Morgan fingerprint density at radius 3 is 2.88 bits per heavy atom. The number of amides is 1. The maximum atomic E-state index is 13.5. The van der Waals surface area contributed by atoms with Crippen LogP contribution in [-0.4, -0.2) is 30.2 Å². The topological polar surface area (TPSA) is 60.5 Å². The van der Waals surface area contributed by atoms with Crippen molar-refractivity contribution in [1.29, 1.82) is 0 Å². The average molecular weight is 334 g/mol. The van der Waals surface area contributed by atoms with Crippen LogP contribution in [0, 0.1) is 11.6 Å².